The van der Waals surface area contributed by atoms with E-state index in [-0.39, 0.29) is 22.9 Å². The first kappa shape index (κ1) is 22.3. The molecule has 178 valence electrons. The van der Waals surface area contributed by atoms with Gasteiger partial charge in [-0.1, -0.05) is 0 Å². The number of carbonyl (C=O) groups is 1. The van der Waals surface area contributed by atoms with Crippen LogP contribution in [0.5, 0.6) is 5.75 Å². The fourth-order valence-electron chi connectivity index (χ4n) is 4.42. The molecule has 0 spiro atoms. The lowest BCUT2D eigenvalue weighted by atomic mass is 10.1. The van der Waals surface area contributed by atoms with Crippen LogP contribution in [0.2, 0.25) is 0 Å². The zero-order chi connectivity index (χ0) is 24.1. The molecule has 0 radical (unpaired) electrons. The third-order valence-corrected chi connectivity index (χ3v) is 6.33. The Morgan fingerprint density at radius 1 is 1.06 bits per heavy atom. The lowest BCUT2D eigenvalue weighted by Crippen LogP contribution is -2.53. The van der Waals surface area contributed by atoms with Gasteiger partial charge in [0.15, 0.2) is 0 Å². The second kappa shape index (κ2) is 8.05. The molecule has 2 aromatic heterocycles. The van der Waals surface area contributed by atoms with Crippen LogP contribution < -0.4 is 5.56 Å². The number of carbonyl (C=O) groups excluding carboxylic acids is 1. The quantitative estimate of drug-likeness (QED) is 0.629. The van der Waals surface area contributed by atoms with Crippen molar-refractivity contribution in [3.63, 3.8) is 0 Å². The maximum atomic E-state index is 12.9. The number of phenols is 1. The van der Waals surface area contributed by atoms with Gasteiger partial charge in [0.2, 0.25) is 0 Å². The molecule has 0 unspecified atom stereocenters. The van der Waals surface area contributed by atoms with Gasteiger partial charge in [-0.2, -0.15) is 0 Å². The first-order valence-electron chi connectivity index (χ1n) is 11.4. The Bertz CT molecular complexity index is 1290. The summed E-state index contributed by atoms with van der Waals surface area (Å²) in [4.78, 5) is 42.9. The highest BCUT2D eigenvalue weighted by molar-refractivity contribution is 5.79. The summed E-state index contributed by atoms with van der Waals surface area (Å²) >= 11 is 0. The van der Waals surface area contributed by atoms with E-state index in [4.69, 9.17) is 4.74 Å². The molecular formula is C24H28N6O4. The molecule has 0 atom stereocenters. The van der Waals surface area contributed by atoms with Gasteiger partial charge in [0, 0.05) is 26.2 Å². The van der Waals surface area contributed by atoms with Crippen molar-refractivity contribution in [2.24, 2.45) is 0 Å². The van der Waals surface area contributed by atoms with Crippen molar-refractivity contribution in [1.82, 2.24) is 29.3 Å². The molecule has 3 aromatic rings. The molecule has 1 aromatic carbocycles. The molecule has 34 heavy (non-hydrogen) atoms. The van der Waals surface area contributed by atoms with E-state index in [2.05, 4.69) is 19.9 Å². The van der Waals surface area contributed by atoms with Crippen molar-refractivity contribution >= 4 is 17.0 Å². The Kier molecular flexibility index (Phi) is 5.27. The minimum atomic E-state index is -0.509. The minimum absolute atomic E-state index is 0.0122. The van der Waals surface area contributed by atoms with E-state index >= 15 is 0 Å². The highest BCUT2D eigenvalue weighted by Crippen LogP contribution is 2.49. The van der Waals surface area contributed by atoms with Gasteiger partial charge in [0.1, 0.15) is 23.5 Å². The molecule has 1 aliphatic carbocycles. The number of phenolic OH excluding ortho intramolecular Hbond substituents is 1. The van der Waals surface area contributed by atoms with Crippen LogP contribution in [0.1, 0.15) is 39.4 Å². The van der Waals surface area contributed by atoms with Gasteiger partial charge >= 0.3 is 6.09 Å². The van der Waals surface area contributed by atoms with Crippen LogP contribution >= 0.6 is 0 Å². The van der Waals surface area contributed by atoms with E-state index in [0.29, 0.717) is 29.7 Å². The normalized spacial score (nSPS) is 18.1. The first-order chi connectivity index (χ1) is 16.2. The number of amides is 1. The number of hydrogen-bond acceptors (Lipinski definition) is 8. The highest BCUT2D eigenvalue weighted by Gasteiger charge is 2.52. The fourth-order valence-corrected chi connectivity index (χ4v) is 4.42. The molecule has 10 heteroatoms. The predicted octanol–water partition coefficient (Wildman–Crippen LogP) is 2.42. The molecule has 2 aliphatic rings. The van der Waals surface area contributed by atoms with Crippen LogP contribution in [0.3, 0.4) is 0 Å². The van der Waals surface area contributed by atoms with E-state index in [1.807, 2.05) is 20.8 Å². The molecular weight excluding hydrogens is 436 g/mol. The number of nitrogens with zero attached hydrogens (tertiary/aromatic N) is 6. The third kappa shape index (κ3) is 4.09. The number of hydrogen-bond donors (Lipinski definition) is 1. The third-order valence-electron chi connectivity index (χ3n) is 6.33. The number of piperazine rings is 1. The molecule has 2 fully saturated rings. The molecule has 1 N–H and O–H groups in total. The van der Waals surface area contributed by atoms with Crippen molar-refractivity contribution in [2.45, 2.75) is 44.8 Å². The van der Waals surface area contributed by atoms with E-state index in [1.54, 1.807) is 23.4 Å². The molecule has 1 amide bonds. The topological polar surface area (TPSA) is 114 Å². The molecule has 5 rings (SSSR count). The van der Waals surface area contributed by atoms with Gasteiger partial charge in [-0.3, -0.25) is 14.3 Å². The standard InChI is InChI=1S/C24H28N6O4/c1-23(2,3)34-22(33)28-8-10-29(11-9-28)24(6-7-24)21-25-13-16(14-26-21)30-15-27-19-5-4-17(31)12-18(19)20(30)32/h4-5,12-15,31H,6-11H2,1-3H3. The zero-order valence-electron chi connectivity index (χ0n) is 19.6. The van der Waals surface area contributed by atoms with Crippen LogP contribution in [0.4, 0.5) is 4.79 Å². The van der Waals surface area contributed by atoms with Gasteiger partial charge < -0.3 is 14.7 Å². The summed E-state index contributed by atoms with van der Waals surface area (Å²) in [5.74, 6) is 0.736. The summed E-state index contributed by atoms with van der Waals surface area (Å²) in [7, 11) is 0. The lowest BCUT2D eigenvalue weighted by molar-refractivity contribution is 0.00756. The smallest absolute Gasteiger partial charge is 0.410 e. The van der Waals surface area contributed by atoms with Crippen LogP contribution in [0, 0.1) is 0 Å². The molecule has 0 bridgehead atoms. The van der Waals surface area contributed by atoms with Crippen LogP contribution in [0.25, 0.3) is 16.6 Å². The maximum absolute atomic E-state index is 12.9. The SMILES string of the molecule is CC(C)(C)OC(=O)N1CCN(C2(c3ncc(-n4cnc5ccc(O)cc5c4=O)cn3)CC2)CC1. The number of fused-ring (bicyclic) bond motifs is 1. The molecule has 3 heterocycles. The summed E-state index contributed by atoms with van der Waals surface area (Å²) in [6.07, 6.45) is 6.35. The second-order valence-electron chi connectivity index (χ2n) is 9.87. The van der Waals surface area contributed by atoms with E-state index in [0.717, 1.165) is 31.8 Å². The minimum Gasteiger partial charge on any atom is -0.508 e. The van der Waals surface area contributed by atoms with Crippen molar-refractivity contribution in [3.05, 3.63) is 53.1 Å². The van der Waals surface area contributed by atoms with Gasteiger partial charge in [0.05, 0.1) is 34.5 Å². The molecule has 10 nitrogen and oxygen atoms in total. The van der Waals surface area contributed by atoms with E-state index in [9.17, 15) is 14.7 Å². The average Bonchev–Trinajstić information content (AvgIpc) is 3.61. The summed E-state index contributed by atoms with van der Waals surface area (Å²) in [6.45, 7) is 8.25. The maximum Gasteiger partial charge on any atom is 0.410 e. The first-order valence-corrected chi connectivity index (χ1v) is 11.4. The van der Waals surface area contributed by atoms with Gasteiger partial charge in [-0.15, -0.1) is 0 Å². The van der Waals surface area contributed by atoms with Crippen LogP contribution in [-0.4, -0.2) is 72.3 Å². The van der Waals surface area contributed by atoms with E-state index < -0.39 is 5.60 Å². The van der Waals surface area contributed by atoms with Gasteiger partial charge in [0.25, 0.3) is 5.56 Å². The number of rotatable bonds is 3. The molecule has 1 aliphatic heterocycles. The van der Waals surface area contributed by atoms with Crippen molar-refractivity contribution < 1.29 is 14.6 Å². The number of aromatic nitrogens is 4. The highest BCUT2D eigenvalue weighted by atomic mass is 16.6. The van der Waals surface area contributed by atoms with Gasteiger partial charge in [-0.05, 0) is 51.8 Å². The monoisotopic (exact) mass is 464 g/mol. The number of aromatic hydroxyl groups is 1. The molecule has 1 saturated carbocycles. The van der Waals surface area contributed by atoms with E-state index in [1.165, 1.54) is 23.0 Å². The fraction of sp³-hybridized carbons (Fsp3) is 0.458. The van der Waals surface area contributed by atoms with Crippen LogP contribution in [-0.2, 0) is 10.3 Å². The Morgan fingerprint density at radius 2 is 1.74 bits per heavy atom. The van der Waals surface area contributed by atoms with Crippen molar-refractivity contribution in [1.29, 1.82) is 0 Å². The predicted molar refractivity (Wildman–Crippen MR) is 125 cm³/mol. The average molecular weight is 465 g/mol. The van der Waals surface area contributed by atoms with Gasteiger partial charge in [-0.25, -0.2) is 19.7 Å². The van der Waals surface area contributed by atoms with Crippen molar-refractivity contribution in [2.75, 3.05) is 26.2 Å². The Balaban J connectivity index is 1.32. The molecule has 1 saturated heterocycles. The summed E-state index contributed by atoms with van der Waals surface area (Å²) in [6, 6.07) is 4.52. The Labute approximate surface area is 196 Å². The summed E-state index contributed by atoms with van der Waals surface area (Å²) in [5.41, 5.74) is -0.00537. The Hall–Kier alpha value is -3.53. The second-order valence-corrected chi connectivity index (χ2v) is 9.87. The summed E-state index contributed by atoms with van der Waals surface area (Å²) in [5, 5.41) is 10.1. The van der Waals surface area contributed by atoms with Crippen molar-refractivity contribution in [3.8, 4) is 11.4 Å². The van der Waals surface area contributed by atoms with Crippen LogP contribution in [0.15, 0.2) is 41.7 Å². The zero-order valence-corrected chi connectivity index (χ0v) is 19.6. The number of benzene rings is 1. The number of ether oxygens (including phenoxy) is 1. The summed E-state index contributed by atoms with van der Waals surface area (Å²) < 4.78 is 6.87. The largest absolute Gasteiger partial charge is 0.508 e. The lowest BCUT2D eigenvalue weighted by Gasteiger charge is -2.39. The Morgan fingerprint density at radius 3 is 2.35 bits per heavy atom.